The second-order valence-corrected chi connectivity index (χ2v) is 10.7. The van der Waals surface area contributed by atoms with Crippen molar-refractivity contribution in [2.24, 2.45) is 5.92 Å². The van der Waals surface area contributed by atoms with Crippen molar-refractivity contribution in [2.75, 3.05) is 29.9 Å². The first-order chi connectivity index (χ1) is 15.3. The first-order valence-electron chi connectivity index (χ1n) is 10.6. The van der Waals surface area contributed by atoms with Crippen LogP contribution in [0.5, 0.6) is 0 Å². The highest BCUT2D eigenvalue weighted by atomic mass is 32.2. The van der Waals surface area contributed by atoms with E-state index in [2.05, 4.69) is 20.9 Å². The summed E-state index contributed by atoms with van der Waals surface area (Å²) in [5, 5.41) is 34.5. The Bertz CT molecular complexity index is 1020. The van der Waals surface area contributed by atoms with Gasteiger partial charge in [0.25, 0.3) is 0 Å². The molecule has 0 spiro atoms. The number of carbonyl (C=O) groups is 1. The second-order valence-electron chi connectivity index (χ2n) is 8.41. The van der Waals surface area contributed by atoms with E-state index in [1.54, 1.807) is 35.1 Å². The van der Waals surface area contributed by atoms with Crippen LogP contribution in [-0.2, 0) is 22.9 Å². The first kappa shape index (κ1) is 22.6. The van der Waals surface area contributed by atoms with Crippen LogP contribution >= 0.6 is 0 Å². The summed E-state index contributed by atoms with van der Waals surface area (Å²) in [5.74, 6) is 0.000647. The number of hydrogen-bond donors (Lipinski definition) is 4. The Labute approximate surface area is 186 Å². The molecule has 2 aromatic rings. The van der Waals surface area contributed by atoms with Crippen molar-refractivity contribution in [2.45, 2.75) is 37.8 Å². The summed E-state index contributed by atoms with van der Waals surface area (Å²) >= 11 is 0. The van der Waals surface area contributed by atoms with Crippen LogP contribution in [0.1, 0.15) is 12.1 Å². The molecule has 1 aromatic carbocycles. The summed E-state index contributed by atoms with van der Waals surface area (Å²) in [5.41, 5.74) is 1.35. The number of para-hydroxylation sites is 1. The maximum absolute atomic E-state index is 12.2. The van der Waals surface area contributed by atoms with Gasteiger partial charge >= 0.3 is 6.03 Å². The van der Waals surface area contributed by atoms with Gasteiger partial charge in [-0.2, -0.15) is 0 Å². The molecule has 2 heterocycles. The molecule has 1 aromatic heterocycles. The van der Waals surface area contributed by atoms with Crippen LogP contribution in [0.2, 0.25) is 0 Å². The van der Waals surface area contributed by atoms with E-state index < -0.39 is 34.1 Å². The summed E-state index contributed by atoms with van der Waals surface area (Å²) in [6.45, 7) is 1.80. The number of aromatic nitrogens is 3. The van der Waals surface area contributed by atoms with Crippen LogP contribution in [0.3, 0.4) is 0 Å². The third-order valence-corrected chi connectivity index (χ3v) is 7.59. The number of sulfone groups is 1. The molecule has 2 fully saturated rings. The fourth-order valence-electron chi connectivity index (χ4n) is 4.18. The minimum Gasteiger partial charge on any atom is -0.390 e. The number of aliphatic hydroxyl groups excluding tert-OH is 2. The number of amides is 2. The molecule has 0 unspecified atom stereocenters. The van der Waals surface area contributed by atoms with E-state index >= 15 is 0 Å². The normalized spacial score (nSPS) is 27.8. The first-order valence-corrected chi connectivity index (χ1v) is 12.4. The van der Waals surface area contributed by atoms with E-state index in [-0.39, 0.29) is 17.4 Å². The average Bonchev–Trinajstić information content (AvgIpc) is 3.30. The Balaban J connectivity index is 1.28. The van der Waals surface area contributed by atoms with E-state index in [9.17, 15) is 23.4 Å². The van der Waals surface area contributed by atoms with Crippen molar-refractivity contribution in [1.82, 2.24) is 25.2 Å². The molecule has 1 aliphatic heterocycles. The van der Waals surface area contributed by atoms with Crippen LogP contribution < -0.4 is 10.6 Å². The molecule has 2 amide bonds. The van der Waals surface area contributed by atoms with Gasteiger partial charge < -0.3 is 20.8 Å². The minimum absolute atomic E-state index is 0.152. The van der Waals surface area contributed by atoms with Gasteiger partial charge in [-0.3, -0.25) is 9.58 Å². The SMILES string of the molecule is O=C(Nc1ccccc1)N[C@@H]1C[C@H](Cn2cc(CN3CCS(=O)(=O)CC3)nn2)[C@@H](O)[C@H]1O. The molecule has 0 bridgehead atoms. The lowest BCUT2D eigenvalue weighted by molar-refractivity contribution is 0.00878. The number of nitrogens with zero attached hydrogens (tertiary/aromatic N) is 4. The van der Waals surface area contributed by atoms with Gasteiger partial charge in [0.15, 0.2) is 9.84 Å². The number of benzene rings is 1. The van der Waals surface area contributed by atoms with E-state index in [0.29, 0.717) is 44.0 Å². The smallest absolute Gasteiger partial charge is 0.319 e. The van der Waals surface area contributed by atoms with Crippen LogP contribution in [0.15, 0.2) is 36.5 Å². The monoisotopic (exact) mass is 464 g/mol. The topological polar surface area (TPSA) is 150 Å². The molecule has 32 heavy (non-hydrogen) atoms. The predicted octanol–water partition coefficient (Wildman–Crippen LogP) is -0.559. The zero-order valence-electron chi connectivity index (χ0n) is 17.5. The molecule has 1 saturated carbocycles. The van der Waals surface area contributed by atoms with Gasteiger partial charge in [0, 0.05) is 44.0 Å². The van der Waals surface area contributed by atoms with Crippen LogP contribution in [0, 0.1) is 5.92 Å². The number of hydrogen-bond acceptors (Lipinski definition) is 8. The fraction of sp³-hybridized carbons (Fsp3) is 0.550. The number of anilines is 1. The maximum Gasteiger partial charge on any atom is 0.319 e. The zero-order valence-corrected chi connectivity index (χ0v) is 18.4. The van der Waals surface area contributed by atoms with Gasteiger partial charge in [0.2, 0.25) is 0 Å². The Morgan fingerprint density at radius 3 is 2.56 bits per heavy atom. The number of nitrogens with one attached hydrogen (secondary N) is 2. The molecule has 4 atom stereocenters. The van der Waals surface area contributed by atoms with Gasteiger partial charge in [0.1, 0.15) is 6.10 Å². The molecule has 1 saturated heterocycles. The van der Waals surface area contributed by atoms with Gasteiger partial charge in [-0.15, -0.1) is 5.10 Å². The molecule has 4 N–H and O–H groups in total. The minimum atomic E-state index is -2.93. The summed E-state index contributed by atoms with van der Waals surface area (Å²) < 4.78 is 24.7. The van der Waals surface area contributed by atoms with Crippen molar-refractivity contribution in [3.63, 3.8) is 0 Å². The number of carbonyl (C=O) groups excluding carboxylic acids is 1. The Kier molecular flexibility index (Phi) is 6.74. The van der Waals surface area contributed by atoms with Crippen LogP contribution in [-0.4, -0.2) is 87.4 Å². The van der Waals surface area contributed by atoms with Gasteiger partial charge in [-0.25, -0.2) is 13.2 Å². The van der Waals surface area contributed by atoms with Gasteiger partial charge in [-0.05, 0) is 18.6 Å². The third-order valence-electron chi connectivity index (χ3n) is 5.98. The van der Waals surface area contributed by atoms with Crippen LogP contribution in [0.4, 0.5) is 10.5 Å². The highest BCUT2D eigenvalue weighted by Gasteiger charge is 2.42. The standard InChI is InChI=1S/C20H28N6O5S/c27-18-14(10-17(19(18)28)22-20(29)21-15-4-2-1-3-5-15)11-26-13-16(23-24-26)12-25-6-8-32(30,31)9-7-25/h1-5,13-14,17-19,27-28H,6-12H2,(H2,21,22,29)/t14-,17-,18-,19+/m1/s1. The Morgan fingerprint density at radius 1 is 1.12 bits per heavy atom. The molecular weight excluding hydrogens is 436 g/mol. The third kappa shape index (κ3) is 5.63. The number of rotatable bonds is 6. The van der Waals surface area contributed by atoms with E-state index in [0.717, 1.165) is 0 Å². The Morgan fingerprint density at radius 2 is 1.84 bits per heavy atom. The van der Waals surface area contributed by atoms with E-state index in [4.69, 9.17) is 0 Å². The average molecular weight is 465 g/mol. The maximum atomic E-state index is 12.2. The van der Waals surface area contributed by atoms with E-state index in [1.165, 1.54) is 0 Å². The summed E-state index contributed by atoms with van der Waals surface area (Å²) in [4.78, 5) is 14.3. The molecule has 1 aliphatic carbocycles. The highest BCUT2D eigenvalue weighted by molar-refractivity contribution is 7.91. The van der Waals surface area contributed by atoms with Crippen molar-refractivity contribution in [3.05, 3.63) is 42.2 Å². The molecule has 2 aliphatic rings. The summed E-state index contributed by atoms with van der Waals surface area (Å²) in [7, 11) is -2.93. The lowest BCUT2D eigenvalue weighted by atomic mass is 10.1. The quantitative estimate of drug-likeness (QED) is 0.444. The molecule has 4 rings (SSSR count). The largest absolute Gasteiger partial charge is 0.390 e. The predicted molar refractivity (Wildman–Crippen MR) is 116 cm³/mol. The van der Waals surface area contributed by atoms with E-state index in [1.807, 2.05) is 11.0 Å². The van der Waals surface area contributed by atoms with Crippen molar-refractivity contribution in [3.8, 4) is 0 Å². The van der Waals surface area contributed by atoms with Crippen molar-refractivity contribution < 1.29 is 23.4 Å². The lowest BCUT2D eigenvalue weighted by Gasteiger charge is -2.25. The Hall–Kier alpha value is -2.54. The highest BCUT2D eigenvalue weighted by Crippen LogP contribution is 2.28. The van der Waals surface area contributed by atoms with Crippen LogP contribution in [0.25, 0.3) is 0 Å². The molecular formula is C20H28N6O5S. The number of urea groups is 1. The van der Waals surface area contributed by atoms with Crippen molar-refractivity contribution >= 4 is 21.6 Å². The van der Waals surface area contributed by atoms with Crippen molar-refractivity contribution in [1.29, 1.82) is 0 Å². The van der Waals surface area contributed by atoms with Gasteiger partial charge in [0.05, 0.1) is 29.3 Å². The van der Waals surface area contributed by atoms with Gasteiger partial charge in [-0.1, -0.05) is 23.4 Å². The molecule has 0 radical (unpaired) electrons. The number of aliphatic hydroxyl groups is 2. The molecule has 174 valence electrons. The summed E-state index contributed by atoms with van der Waals surface area (Å²) in [6.07, 6.45) is 0.0752. The second kappa shape index (κ2) is 9.53. The zero-order chi connectivity index (χ0) is 22.7. The molecule has 12 heteroatoms. The fourth-order valence-corrected chi connectivity index (χ4v) is 5.46. The lowest BCUT2D eigenvalue weighted by Crippen LogP contribution is -2.44. The molecule has 11 nitrogen and oxygen atoms in total. The summed E-state index contributed by atoms with van der Waals surface area (Å²) in [6, 6.07) is 7.94.